The van der Waals surface area contributed by atoms with Gasteiger partial charge in [-0.15, -0.1) is 0 Å². The molecule has 0 aromatic carbocycles. The summed E-state index contributed by atoms with van der Waals surface area (Å²) in [6.45, 7) is 5.65. The molecule has 0 radical (unpaired) electrons. The molecule has 0 aliphatic carbocycles. The summed E-state index contributed by atoms with van der Waals surface area (Å²) in [4.78, 5) is 27.6. The van der Waals surface area contributed by atoms with Crippen LogP contribution in [0.4, 0.5) is 5.82 Å². The summed E-state index contributed by atoms with van der Waals surface area (Å²) in [5, 5.41) is 3.39. The molecule has 3 aromatic rings. The smallest absolute Gasteiger partial charge is 0.213 e. The molecule has 6 nitrogen and oxygen atoms in total. The molecule has 0 unspecified atom stereocenters. The molecule has 1 aliphatic heterocycles. The molecule has 0 saturated carbocycles. The van der Waals surface area contributed by atoms with Gasteiger partial charge >= 0.3 is 0 Å². The molecule has 4 heterocycles. The van der Waals surface area contributed by atoms with Gasteiger partial charge in [0.2, 0.25) is 5.78 Å². The van der Waals surface area contributed by atoms with Crippen molar-refractivity contribution >= 4 is 11.6 Å². The highest BCUT2D eigenvalue weighted by Crippen LogP contribution is 2.22. The SMILES string of the molecule is Cc1ncc(-c2ccc[nH]2)cc1C(=O)c1cccc(N2CCCNCC2)n1.[HH].[HH].[HH]. The van der Waals surface area contributed by atoms with E-state index in [1.54, 1.807) is 12.3 Å². The second kappa shape index (κ2) is 7.72. The van der Waals surface area contributed by atoms with E-state index in [1.165, 1.54) is 0 Å². The number of hydrogen-bond acceptors (Lipinski definition) is 5. The maximum absolute atomic E-state index is 13.1. The highest BCUT2D eigenvalue weighted by Gasteiger charge is 2.18. The van der Waals surface area contributed by atoms with Crippen molar-refractivity contribution in [3.8, 4) is 11.3 Å². The first-order chi connectivity index (χ1) is 13.2. The zero-order valence-corrected chi connectivity index (χ0v) is 15.4. The topological polar surface area (TPSA) is 73.9 Å². The summed E-state index contributed by atoms with van der Waals surface area (Å²) in [7, 11) is 0. The Kier molecular flexibility index (Phi) is 4.98. The molecular weight excluding hydrogens is 338 g/mol. The Morgan fingerprint density at radius 1 is 1.19 bits per heavy atom. The number of rotatable bonds is 4. The van der Waals surface area contributed by atoms with Gasteiger partial charge in [-0.1, -0.05) is 6.07 Å². The van der Waals surface area contributed by atoms with Gasteiger partial charge in [-0.05, 0) is 50.2 Å². The van der Waals surface area contributed by atoms with Crippen LogP contribution in [0.3, 0.4) is 0 Å². The molecular formula is C21H29N5O. The number of aromatic nitrogens is 3. The lowest BCUT2D eigenvalue weighted by Gasteiger charge is -2.21. The monoisotopic (exact) mass is 367 g/mol. The number of aromatic amines is 1. The van der Waals surface area contributed by atoms with Gasteiger partial charge in [0.05, 0.1) is 0 Å². The normalized spacial score (nSPS) is 14.8. The Balaban J connectivity index is 0.00000150. The highest BCUT2D eigenvalue weighted by atomic mass is 16.1. The number of carbonyl (C=O) groups excluding carboxylic acids is 1. The first-order valence-electron chi connectivity index (χ1n) is 9.30. The summed E-state index contributed by atoms with van der Waals surface area (Å²) >= 11 is 0. The van der Waals surface area contributed by atoms with Crippen molar-refractivity contribution in [1.29, 1.82) is 0 Å². The molecule has 4 rings (SSSR count). The Morgan fingerprint density at radius 3 is 2.96 bits per heavy atom. The van der Waals surface area contributed by atoms with E-state index < -0.39 is 0 Å². The van der Waals surface area contributed by atoms with Crippen LogP contribution in [-0.4, -0.2) is 46.9 Å². The van der Waals surface area contributed by atoms with Gasteiger partial charge in [0.15, 0.2) is 0 Å². The van der Waals surface area contributed by atoms with Crippen molar-refractivity contribution in [3.05, 3.63) is 65.7 Å². The third-order valence-corrected chi connectivity index (χ3v) is 4.87. The highest BCUT2D eigenvalue weighted by molar-refractivity contribution is 6.09. The quantitative estimate of drug-likeness (QED) is 0.690. The largest absolute Gasteiger partial charge is 0.361 e. The molecule has 2 N–H and O–H groups in total. The summed E-state index contributed by atoms with van der Waals surface area (Å²) in [6, 6.07) is 11.4. The van der Waals surface area contributed by atoms with Gasteiger partial charge in [0.25, 0.3) is 0 Å². The number of aryl methyl sites for hydroxylation is 1. The maximum atomic E-state index is 13.1. The van der Waals surface area contributed by atoms with E-state index >= 15 is 0 Å². The zero-order valence-electron chi connectivity index (χ0n) is 15.4. The Hall–Kier alpha value is -2.99. The van der Waals surface area contributed by atoms with E-state index in [2.05, 4.69) is 25.2 Å². The second-order valence-electron chi connectivity index (χ2n) is 6.74. The Morgan fingerprint density at radius 2 is 2.11 bits per heavy atom. The lowest BCUT2D eigenvalue weighted by Crippen LogP contribution is -2.29. The van der Waals surface area contributed by atoms with Gasteiger partial charge in [-0.3, -0.25) is 9.78 Å². The van der Waals surface area contributed by atoms with Crippen molar-refractivity contribution in [2.75, 3.05) is 31.1 Å². The number of nitrogens with zero attached hydrogens (tertiary/aromatic N) is 3. The minimum Gasteiger partial charge on any atom is -0.361 e. The van der Waals surface area contributed by atoms with Gasteiger partial charge < -0.3 is 15.2 Å². The third-order valence-electron chi connectivity index (χ3n) is 4.87. The van der Waals surface area contributed by atoms with Crippen LogP contribution in [-0.2, 0) is 0 Å². The first-order valence-corrected chi connectivity index (χ1v) is 9.30. The number of H-pyrrole nitrogens is 1. The molecule has 1 aliphatic rings. The predicted molar refractivity (Wildman–Crippen MR) is 112 cm³/mol. The fourth-order valence-corrected chi connectivity index (χ4v) is 3.36. The minimum atomic E-state index is -0.0943. The Bertz CT molecular complexity index is 942. The molecule has 0 amide bonds. The molecule has 1 saturated heterocycles. The predicted octanol–water partition coefficient (Wildman–Crippen LogP) is 3.55. The van der Waals surface area contributed by atoms with E-state index in [0.717, 1.165) is 49.7 Å². The lowest BCUT2D eigenvalue weighted by atomic mass is 10.0. The molecule has 1 fully saturated rings. The standard InChI is InChI=1S/C21H23N5O.3H2/c1-15-17(13-16(14-24-15)18-6-3-9-23-18)21(27)19-5-2-7-20(25-19)26-11-4-8-22-10-12-26;;;/h2-3,5-7,9,13-14,22-23H,4,8,10-12H2,1H3;3*1H. The van der Waals surface area contributed by atoms with Crippen molar-refractivity contribution in [3.63, 3.8) is 0 Å². The number of hydrogen-bond donors (Lipinski definition) is 2. The fraction of sp³-hybridized carbons (Fsp3) is 0.286. The lowest BCUT2D eigenvalue weighted by molar-refractivity contribution is 0.103. The summed E-state index contributed by atoms with van der Waals surface area (Å²) in [5.41, 5.74) is 3.59. The number of pyridine rings is 2. The average Bonchev–Trinajstić information content (AvgIpc) is 3.10. The van der Waals surface area contributed by atoms with E-state index in [-0.39, 0.29) is 10.1 Å². The maximum Gasteiger partial charge on any atom is 0.213 e. The summed E-state index contributed by atoms with van der Waals surface area (Å²) in [5.74, 6) is 0.763. The first kappa shape index (κ1) is 17.4. The Labute approximate surface area is 163 Å². The molecule has 6 heteroatoms. The molecule has 144 valence electrons. The third kappa shape index (κ3) is 3.75. The van der Waals surface area contributed by atoms with Crippen LogP contribution < -0.4 is 10.2 Å². The van der Waals surface area contributed by atoms with Crippen molar-refractivity contribution in [1.82, 2.24) is 20.3 Å². The average molecular weight is 367 g/mol. The van der Waals surface area contributed by atoms with Crippen LogP contribution in [0.5, 0.6) is 0 Å². The molecule has 0 atom stereocenters. The van der Waals surface area contributed by atoms with Crippen LogP contribution in [0, 0.1) is 6.92 Å². The van der Waals surface area contributed by atoms with Crippen LogP contribution in [0.1, 0.15) is 32.4 Å². The van der Waals surface area contributed by atoms with E-state index in [0.29, 0.717) is 17.0 Å². The second-order valence-corrected chi connectivity index (χ2v) is 6.74. The van der Waals surface area contributed by atoms with E-state index in [4.69, 9.17) is 0 Å². The van der Waals surface area contributed by atoms with Crippen LogP contribution in [0.2, 0.25) is 0 Å². The van der Waals surface area contributed by atoms with Crippen LogP contribution >= 0.6 is 0 Å². The van der Waals surface area contributed by atoms with Crippen molar-refractivity contribution in [2.24, 2.45) is 0 Å². The van der Waals surface area contributed by atoms with Crippen molar-refractivity contribution in [2.45, 2.75) is 13.3 Å². The summed E-state index contributed by atoms with van der Waals surface area (Å²) in [6.07, 6.45) is 4.71. The fourth-order valence-electron chi connectivity index (χ4n) is 3.36. The molecule has 27 heavy (non-hydrogen) atoms. The van der Waals surface area contributed by atoms with E-state index in [1.807, 2.05) is 43.5 Å². The van der Waals surface area contributed by atoms with Crippen LogP contribution in [0.15, 0.2) is 48.8 Å². The molecule has 0 spiro atoms. The number of carbonyl (C=O) groups is 1. The van der Waals surface area contributed by atoms with Gasteiger partial charge in [0.1, 0.15) is 11.5 Å². The van der Waals surface area contributed by atoms with Gasteiger partial charge in [-0.25, -0.2) is 4.98 Å². The summed E-state index contributed by atoms with van der Waals surface area (Å²) < 4.78 is 0. The number of ketones is 1. The zero-order chi connectivity index (χ0) is 18.6. The minimum absolute atomic E-state index is 0. The van der Waals surface area contributed by atoms with E-state index in [9.17, 15) is 4.79 Å². The van der Waals surface area contributed by atoms with Crippen molar-refractivity contribution < 1.29 is 9.07 Å². The number of anilines is 1. The molecule has 0 bridgehead atoms. The number of nitrogens with one attached hydrogen (secondary N) is 2. The van der Waals surface area contributed by atoms with Crippen LogP contribution in [0.25, 0.3) is 11.3 Å². The molecule has 3 aromatic heterocycles. The van der Waals surface area contributed by atoms with Gasteiger partial charge in [0, 0.05) is 58.8 Å². The van der Waals surface area contributed by atoms with Gasteiger partial charge in [-0.2, -0.15) is 0 Å².